The highest BCUT2D eigenvalue weighted by molar-refractivity contribution is 5.85. The molecule has 1 heterocycles. The summed E-state index contributed by atoms with van der Waals surface area (Å²) in [5.74, 6) is 2.19. The summed E-state index contributed by atoms with van der Waals surface area (Å²) >= 11 is 0. The van der Waals surface area contributed by atoms with Gasteiger partial charge in [0.15, 0.2) is 0 Å². The van der Waals surface area contributed by atoms with Crippen LogP contribution in [0.3, 0.4) is 0 Å². The predicted octanol–water partition coefficient (Wildman–Crippen LogP) is 2.53. The minimum atomic E-state index is 0. The number of carbonyl (C=O) groups is 1. The number of hydrogen-bond donors (Lipinski definition) is 3. The van der Waals surface area contributed by atoms with Crippen LogP contribution in [0, 0.1) is 24.7 Å². The van der Waals surface area contributed by atoms with Crippen LogP contribution in [0.4, 0.5) is 5.82 Å². The number of nitrogens with zero attached hydrogens (tertiary/aromatic N) is 1. The average molecular weight is 375 g/mol. The van der Waals surface area contributed by atoms with Gasteiger partial charge in [-0.15, -0.1) is 24.8 Å². The summed E-state index contributed by atoms with van der Waals surface area (Å²) in [6.45, 7) is 3.52. The van der Waals surface area contributed by atoms with Crippen LogP contribution in [0.25, 0.3) is 0 Å². The molecule has 7 heteroatoms. The summed E-state index contributed by atoms with van der Waals surface area (Å²) in [4.78, 5) is 16.6. The third-order valence-electron chi connectivity index (χ3n) is 5.15. The summed E-state index contributed by atoms with van der Waals surface area (Å²) in [6, 6.07) is 4.09. The molecule has 2 saturated carbocycles. The molecule has 4 unspecified atom stereocenters. The van der Waals surface area contributed by atoms with Crippen molar-refractivity contribution in [2.24, 2.45) is 23.5 Å². The Kier molecular flexibility index (Phi) is 8.27. The van der Waals surface area contributed by atoms with Crippen molar-refractivity contribution in [3.63, 3.8) is 0 Å². The molecule has 1 aromatic rings. The first-order chi connectivity index (χ1) is 10.6. The molecular formula is C17H28Cl2N4O. The normalized spacial score (nSPS) is 27.1. The number of aromatic nitrogens is 1. The van der Waals surface area contributed by atoms with Crippen molar-refractivity contribution in [1.82, 2.24) is 10.3 Å². The van der Waals surface area contributed by atoms with Crippen molar-refractivity contribution in [3.05, 3.63) is 23.9 Å². The second kappa shape index (κ2) is 9.44. The number of pyridine rings is 1. The zero-order valence-corrected chi connectivity index (χ0v) is 15.7. The number of carbonyl (C=O) groups excluding carboxylic acids is 1. The van der Waals surface area contributed by atoms with E-state index in [1.165, 1.54) is 12.8 Å². The number of fused-ring (bicyclic) bond motifs is 2. The Labute approximate surface area is 156 Å². The van der Waals surface area contributed by atoms with Crippen LogP contribution in [0.5, 0.6) is 0 Å². The maximum atomic E-state index is 12.3. The molecule has 1 amide bonds. The Hall–Kier alpha value is -1.04. The van der Waals surface area contributed by atoms with Crippen LogP contribution in [-0.4, -0.2) is 30.0 Å². The number of nitrogens with one attached hydrogen (secondary N) is 2. The third kappa shape index (κ3) is 4.74. The van der Waals surface area contributed by atoms with E-state index in [9.17, 15) is 4.79 Å². The van der Waals surface area contributed by atoms with Gasteiger partial charge in [0.1, 0.15) is 5.82 Å². The third-order valence-corrected chi connectivity index (χ3v) is 5.15. The Morgan fingerprint density at radius 3 is 2.62 bits per heavy atom. The Morgan fingerprint density at radius 1 is 1.25 bits per heavy atom. The monoisotopic (exact) mass is 374 g/mol. The van der Waals surface area contributed by atoms with E-state index >= 15 is 0 Å². The standard InChI is InChI=1S/C17H26N4O.2ClH/c1-11-3-6-14(21-10-11)19-7-2-8-20-17(22)15-12-4-5-13(9-12)16(15)18;;/h3,6,10,12-13,15-16H,2,4-5,7-9,18H2,1H3,(H,19,21)(H,20,22);2*1H. The molecule has 2 bridgehead atoms. The van der Waals surface area contributed by atoms with Gasteiger partial charge in [0, 0.05) is 25.3 Å². The fourth-order valence-electron chi connectivity index (χ4n) is 3.93. The van der Waals surface area contributed by atoms with Gasteiger partial charge in [-0.25, -0.2) is 4.98 Å². The second-order valence-corrected chi connectivity index (χ2v) is 6.73. The minimum absolute atomic E-state index is 0. The van der Waals surface area contributed by atoms with Crippen LogP contribution in [0.15, 0.2) is 18.3 Å². The van der Waals surface area contributed by atoms with Gasteiger partial charge in [-0.2, -0.15) is 0 Å². The number of rotatable bonds is 6. The maximum absolute atomic E-state index is 12.3. The summed E-state index contributed by atoms with van der Waals surface area (Å²) in [7, 11) is 0. The SMILES string of the molecule is Cc1ccc(NCCCNC(=O)C2C3CCC(C3)C2N)nc1.Cl.Cl. The van der Waals surface area contributed by atoms with E-state index < -0.39 is 0 Å². The lowest BCUT2D eigenvalue weighted by Gasteiger charge is -2.27. The number of hydrogen-bond acceptors (Lipinski definition) is 4. The number of halogens is 2. The van der Waals surface area contributed by atoms with Crippen LogP contribution < -0.4 is 16.4 Å². The summed E-state index contributed by atoms with van der Waals surface area (Å²) in [6.07, 6.45) is 6.28. The van der Waals surface area contributed by atoms with E-state index in [-0.39, 0.29) is 42.7 Å². The Morgan fingerprint density at radius 2 is 2.00 bits per heavy atom. The summed E-state index contributed by atoms with van der Waals surface area (Å²) < 4.78 is 0. The molecule has 0 saturated heterocycles. The molecule has 136 valence electrons. The molecule has 0 spiro atoms. The van der Waals surface area contributed by atoms with Crippen LogP contribution in [-0.2, 0) is 4.79 Å². The van der Waals surface area contributed by atoms with Crippen molar-refractivity contribution in [1.29, 1.82) is 0 Å². The zero-order chi connectivity index (χ0) is 15.5. The molecule has 0 aromatic carbocycles. The topological polar surface area (TPSA) is 80.0 Å². The first kappa shape index (κ1) is 21.0. The highest BCUT2D eigenvalue weighted by atomic mass is 35.5. The Balaban J connectivity index is 0.00000144. The predicted molar refractivity (Wildman–Crippen MR) is 102 cm³/mol. The highest BCUT2D eigenvalue weighted by Crippen LogP contribution is 2.47. The van der Waals surface area contributed by atoms with Crippen LogP contribution >= 0.6 is 24.8 Å². The lowest BCUT2D eigenvalue weighted by Crippen LogP contribution is -2.45. The molecule has 4 N–H and O–H groups in total. The van der Waals surface area contributed by atoms with E-state index in [1.807, 2.05) is 25.3 Å². The van der Waals surface area contributed by atoms with Crippen LogP contribution in [0.1, 0.15) is 31.2 Å². The van der Waals surface area contributed by atoms with E-state index in [4.69, 9.17) is 5.73 Å². The van der Waals surface area contributed by atoms with Gasteiger partial charge in [0.25, 0.3) is 0 Å². The van der Waals surface area contributed by atoms with Gasteiger partial charge in [0.2, 0.25) is 5.91 Å². The average Bonchev–Trinajstić information content (AvgIpc) is 3.09. The number of amides is 1. The molecule has 1 aromatic heterocycles. The highest BCUT2D eigenvalue weighted by Gasteiger charge is 2.48. The van der Waals surface area contributed by atoms with Gasteiger partial charge in [-0.1, -0.05) is 6.07 Å². The molecule has 2 aliphatic rings. The lowest BCUT2D eigenvalue weighted by molar-refractivity contribution is -0.127. The zero-order valence-electron chi connectivity index (χ0n) is 14.0. The Bertz CT molecular complexity index is 524. The van der Waals surface area contributed by atoms with Crippen molar-refractivity contribution in [3.8, 4) is 0 Å². The van der Waals surface area contributed by atoms with E-state index in [0.717, 1.165) is 30.8 Å². The molecule has 2 aliphatic carbocycles. The fourth-order valence-corrected chi connectivity index (χ4v) is 3.93. The summed E-state index contributed by atoms with van der Waals surface area (Å²) in [5.41, 5.74) is 7.36. The van der Waals surface area contributed by atoms with Gasteiger partial charge in [-0.05, 0) is 56.1 Å². The van der Waals surface area contributed by atoms with E-state index in [0.29, 0.717) is 18.4 Å². The van der Waals surface area contributed by atoms with Crippen molar-refractivity contribution < 1.29 is 4.79 Å². The fraction of sp³-hybridized carbons (Fsp3) is 0.647. The smallest absolute Gasteiger partial charge is 0.224 e. The first-order valence-corrected chi connectivity index (χ1v) is 8.35. The van der Waals surface area contributed by atoms with Gasteiger partial charge in [-0.3, -0.25) is 4.79 Å². The summed E-state index contributed by atoms with van der Waals surface area (Å²) in [5, 5.41) is 6.32. The van der Waals surface area contributed by atoms with Crippen molar-refractivity contribution >= 4 is 36.5 Å². The first-order valence-electron chi connectivity index (χ1n) is 8.35. The van der Waals surface area contributed by atoms with Crippen molar-refractivity contribution in [2.45, 2.75) is 38.6 Å². The lowest BCUT2D eigenvalue weighted by atomic mass is 9.84. The molecule has 0 radical (unpaired) electrons. The quantitative estimate of drug-likeness (QED) is 0.668. The number of nitrogens with two attached hydrogens (primary N) is 1. The molecule has 3 rings (SSSR count). The van der Waals surface area contributed by atoms with Gasteiger partial charge in [0.05, 0.1) is 5.92 Å². The number of anilines is 1. The van der Waals surface area contributed by atoms with Crippen molar-refractivity contribution in [2.75, 3.05) is 18.4 Å². The number of aryl methyl sites for hydroxylation is 1. The molecule has 2 fully saturated rings. The second-order valence-electron chi connectivity index (χ2n) is 6.73. The largest absolute Gasteiger partial charge is 0.370 e. The molecule has 24 heavy (non-hydrogen) atoms. The van der Waals surface area contributed by atoms with Gasteiger partial charge >= 0.3 is 0 Å². The molecule has 0 aliphatic heterocycles. The van der Waals surface area contributed by atoms with Gasteiger partial charge < -0.3 is 16.4 Å². The maximum Gasteiger partial charge on any atom is 0.224 e. The van der Waals surface area contributed by atoms with E-state index in [1.54, 1.807) is 0 Å². The van der Waals surface area contributed by atoms with E-state index in [2.05, 4.69) is 15.6 Å². The van der Waals surface area contributed by atoms with Crippen LogP contribution in [0.2, 0.25) is 0 Å². The minimum Gasteiger partial charge on any atom is -0.370 e. The molecular weight excluding hydrogens is 347 g/mol. The molecule has 5 nitrogen and oxygen atoms in total. The molecule has 4 atom stereocenters.